The Labute approximate surface area is 193 Å². The maximum absolute atomic E-state index is 13.4. The predicted octanol–water partition coefficient (Wildman–Crippen LogP) is 2.40. The van der Waals surface area contributed by atoms with Crippen molar-refractivity contribution < 1.29 is 22.7 Å². The van der Waals surface area contributed by atoms with E-state index in [4.69, 9.17) is 4.74 Å². The van der Waals surface area contributed by atoms with Crippen LogP contribution < -0.4 is 4.72 Å². The van der Waals surface area contributed by atoms with Gasteiger partial charge < -0.3 is 4.74 Å². The van der Waals surface area contributed by atoms with Crippen LogP contribution in [0.4, 0.5) is 0 Å². The zero-order valence-electron chi connectivity index (χ0n) is 18.7. The van der Waals surface area contributed by atoms with Crippen molar-refractivity contribution in [2.45, 2.75) is 43.9 Å². The number of carbonyl (C=O) groups excluding carboxylic acids is 2. The fraction of sp³-hybridized carbons (Fsp3) is 0.360. The van der Waals surface area contributed by atoms with Crippen LogP contribution in [0.2, 0.25) is 0 Å². The average Bonchev–Trinajstić information content (AvgIpc) is 3.39. The standard InChI is InChI=1S/C25H26N2O5S/c1-15-11-16(2)22(17(3)12-15)33(30,31)26-14-25-10-9-19(32-25)20-21(25)24(29)27(23(20)28)13-18-7-5-4-6-8-18/h4-12,19-21,26H,13-14H2,1-3H3/t19-,20-,21-,25-/m1/s1. The van der Waals surface area contributed by atoms with Gasteiger partial charge in [0.2, 0.25) is 21.8 Å². The van der Waals surface area contributed by atoms with Crippen LogP contribution >= 0.6 is 0 Å². The summed E-state index contributed by atoms with van der Waals surface area (Å²) in [7, 11) is -3.85. The number of aryl methyl sites for hydroxylation is 3. The summed E-state index contributed by atoms with van der Waals surface area (Å²) in [6.07, 6.45) is 2.99. The lowest BCUT2D eigenvalue weighted by Gasteiger charge is -2.29. The summed E-state index contributed by atoms with van der Waals surface area (Å²) in [6.45, 7) is 5.53. The Balaban J connectivity index is 1.40. The average molecular weight is 467 g/mol. The first kappa shape index (κ1) is 22.0. The summed E-state index contributed by atoms with van der Waals surface area (Å²) < 4.78 is 35.1. The lowest BCUT2D eigenvalue weighted by molar-refractivity contribution is -0.144. The third kappa shape index (κ3) is 3.44. The lowest BCUT2D eigenvalue weighted by atomic mass is 9.77. The zero-order valence-corrected chi connectivity index (χ0v) is 19.6. The molecule has 2 fully saturated rings. The number of imide groups is 1. The summed E-state index contributed by atoms with van der Waals surface area (Å²) in [5.41, 5.74) is 1.99. The summed E-state index contributed by atoms with van der Waals surface area (Å²) in [5, 5.41) is 0. The second kappa shape index (κ2) is 7.62. The van der Waals surface area contributed by atoms with E-state index in [0.29, 0.717) is 11.1 Å². The van der Waals surface area contributed by atoms with E-state index in [-0.39, 0.29) is 29.8 Å². The molecular formula is C25H26N2O5S. The van der Waals surface area contributed by atoms with Gasteiger partial charge in [-0.05, 0) is 37.5 Å². The molecule has 3 heterocycles. The predicted molar refractivity (Wildman–Crippen MR) is 122 cm³/mol. The molecule has 2 aromatic rings. The van der Waals surface area contributed by atoms with Gasteiger partial charge in [-0.3, -0.25) is 14.5 Å². The van der Waals surface area contributed by atoms with E-state index < -0.39 is 33.6 Å². The molecule has 0 aromatic heterocycles. The third-order valence-corrected chi connectivity index (χ3v) is 8.55. The van der Waals surface area contributed by atoms with Crippen molar-refractivity contribution in [2.24, 2.45) is 11.8 Å². The van der Waals surface area contributed by atoms with Gasteiger partial charge in [0, 0.05) is 6.54 Å². The van der Waals surface area contributed by atoms with E-state index in [2.05, 4.69) is 4.72 Å². The SMILES string of the molecule is Cc1cc(C)c(S(=O)(=O)NC[C@@]23C=C[C@@H](O2)[C@H]2C(=O)N(Cc4ccccc4)C(=O)[C@@H]23)c(C)c1. The van der Waals surface area contributed by atoms with Crippen LogP contribution in [0.3, 0.4) is 0 Å². The summed E-state index contributed by atoms with van der Waals surface area (Å²) in [6, 6.07) is 13.0. The molecule has 2 amide bonds. The van der Waals surface area contributed by atoms with Gasteiger partial charge in [0.05, 0.1) is 29.4 Å². The molecule has 0 unspecified atom stereocenters. The highest BCUT2D eigenvalue weighted by molar-refractivity contribution is 7.89. The number of likely N-dealkylation sites (tertiary alicyclic amines) is 1. The number of hydrogen-bond acceptors (Lipinski definition) is 5. The van der Waals surface area contributed by atoms with Crippen LogP contribution in [-0.2, 0) is 30.9 Å². The number of carbonyl (C=O) groups is 2. The maximum atomic E-state index is 13.4. The van der Waals surface area contributed by atoms with Crippen LogP contribution in [0.15, 0.2) is 59.5 Å². The molecule has 2 bridgehead atoms. The largest absolute Gasteiger partial charge is 0.361 e. The van der Waals surface area contributed by atoms with Gasteiger partial charge in [0.25, 0.3) is 0 Å². The lowest BCUT2D eigenvalue weighted by Crippen LogP contribution is -2.48. The fourth-order valence-corrected chi connectivity index (χ4v) is 7.08. The number of fused-ring (bicyclic) bond motifs is 5. The molecule has 8 heteroatoms. The van der Waals surface area contributed by atoms with Crippen LogP contribution in [-0.4, -0.2) is 43.4 Å². The quantitative estimate of drug-likeness (QED) is 0.521. The van der Waals surface area contributed by atoms with Crippen molar-refractivity contribution in [1.82, 2.24) is 9.62 Å². The molecule has 0 aliphatic carbocycles. The van der Waals surface area contributed by atoms with Crippen LogP contribution in [0, 0.1) is 32.6 Å². The van der Waals surface area contributed by atoms with Crippen LogP contribution in [0.5, 0.6) is 0 Å². The molecular weight excluding hydrogens is 440 g/mol. The van der Waals surface area contributed by atoms with E-state index in [1.165, 1.54) is 4.90 Å². The normalized spacial score (nSPS) is 28.1. The first-order chi connectivity index (χ1) is 15.6. The zero-order chi connectivity index (χ0) is 23.5. The molecule has 2 saturated heterocycles. The molecule has 0 radical (unpaired) electrons. The Morgan fingerprint density at radius 3 is 2.36 bits per heavy atom. The number of ether oxygens (including phenoxy) is 1. The first-order valence-corrected chi connectivity index (χ1v) is 12.5. The van der Waals surface area contributed by atoms with E-state index >= 15 is 0 Å². The Morgan fingerprint density at radius 2 is 1.70 bits per heavy atom. The highest BCUT2D eigenvalue weighted by Crippen LogP contribution is 2.51. The minimum Gasteiger partial charge on any atom is -0.361 e. The molecule has 7 nitrogen and oxygen atoms in total. The number of amides is 2. The second-order valence-corrected chi connectivity index (χ2v) is 10.9. The Kier molecular flexibility index (Phi) is 5.08. The molecule has 4 atom stereocenters. The molecule has 172 valence electrons. The number of nitrogens with one attached hydrogen (secondary N) is 1. The topological polar surface area (TPSA) is 92.8 Å². The Morgan fingerprint density at radius 1 is 1.03 bits per heavy atom. The molecule has 0 spiro atoms. The van der Waals surface area contributed by atoms with Gasteiger partial charge in [0.1, 0.15) is 5.60 Å². The fourth-order valence-electron chi connectivity index (χ4n) is 5.56. The minimum atomic E-state index is -3.85. The first-order valence-electron chi connectivity index (χ1n) is 11.0. The number of sulfonamides is 1. The minimum absolute atomic E-state index is 0.117. The Hall–Kier alpha value is -2.81. The van der Waals surface area contributed by atoms with Gasteiger partial charge in [-0.2, -0.15) is 0 Å². The second-order valence-electron chi connectivity index (χ2n) is 9.20. The maximum Gasteiger partial charge on any atom is 0.241 e. The Bertz CT molecular complexity index is 1260. The van der Waals surface area contributed by atoms with Gasteiger partial charge in [0.15, 0.2) is 0 Å². The summed E-state index contributed by atoms with van der Waals surface area (Å²) in [5.74, 6) is -1.95. The molecule has 3 aliphatic rings. The highest BCUT2D eigenvalue weighted by atomic mass is 32.2. The van der Waals surface area contributed by atoms with Crippen molar-refractivity contribution >= 4 is 21.8 Å². The summed E-state index contributed by atoms with van der Waals surface area (Å²) >= 11 is 0. The van der Waals surface area contributed by atoms with Gasteiger partial charge in [-0.15, -0.1) is 0 Å². The molecule has 1 N–H and O–H groups in total. The molecule has 2 aromatic carbocycles. The number of nitrogens with zero attached hydrogens (tertiary/aromatic N) is 1. The summed E-state index contributed by atoms with van der Waals surface area (Å²) in [4.78, 5) is 28.0. The molecule has 3 aliphatic heterocycles. The van der Waals surface area contributed by atoms with E-state index in [1.807, 2.05) is 49.4 Å². The third-order valence-electron chi connectivity index (χ3n) is 6.84. The molecule has 0 saturated carbocycles. The van der Waals surface area contributed by atoms with Crippen molar-refractivity contribution in [3.05, 3.63) is 76.9 Å². The van der Waals surface area contributed by atoms with Crippen molar-refractivity contribution in [1.29, 1.82) is 0 Å². The van der Waals surface area contributed by atoms with Crippen LogP contribution in [0.25, 0.3) is 0 Å². The molecule has 33 heavy (non-hydrogen) atoms. The van der Waals surface area contributed by atoms with Gasteiger partial charge in [-0.1, -0.05) is 60.2 Å². The number of rotatable bonds is 6. The van der Waals surface area contributed by atoms with Crippen molar-refractivity contribution in [2.75, 3.05) is 6.54 Å². The van der Waals surface area contributed by atoms with Crippen molar-refractivity contribution in [3.63, 3.8) is 0 Å². The highest BCUT2D eigenvalue weighted by Gasteiger charge is 2.67. The number of benzene rings is 2. The van der Waals surface area contributed by atoms with E-state index in [0.717, 1.165) is 11.1 Å². The van der Waals surface area contributed by atoms with Crippen molar-refractivity contribution in [3.8, 4) is 0 Å². The van der Waals surface area contributed by atoms with Crippen LogP contribution in [0.1, 0.15) is 22.3 Å². The van der Waals surface area contributed by atoms with Gasteiger partial charge >= 0.3 is 0 Å². The van der Waals surface area contributed by atoms with E-state index in [1.54, 1.807) is 26.0 Å². The smallest absolute Gasteiger partial charge is 0.241 e. The monoisotopic (exact) mass is 466 g/mol. The van der Waals surface area contributed by atoms with E-state index in [9.17, 15) is 18.0 Å². The number of hydrogen-bond donors (Lipinski definition) is 1. The van der Waals surface area contributed by atoms with Gasteiger partial charge in [-0.25, -0.2) is 13.1 Å². The molecule has 5 rings (SSSR count).